The summed E-state index contributed by atoms with van der Waals surface area (Å²) in [6.07, 6.45) is 2.78. The van der Waals surface area contributed by atoms with E-state index in [1.807, 2.05) is 12.3 Å². The first kappa shape index (κ1) is 18.0. The van der Waals surface area contributed by atoms with E-state index in [0.717, 1.165) is 35.0 Å². The molecular formula is C17H18N2O6. The number of hydrogen-bond acceptors (Lipinski definition) is 6. The van der Waals surface area contributed by atoms with Gasteiger partial charge in [0.05, 0.1) is 5.56 Å². The molecule has 0 aliphatic carbocycles. The molecule has 25 heavy (non-hydrogen) atoms. The number of nitrogens with one attached hydrogen (secondary N) is 1. The van der Waals surface area contributed by atoms with Crippen molar-refractivity contribution >= 4 is 16.9 Å². The van der Waals surface area contributed by atoms with Gasteiger partial charge in [-0.15, -0.1) is 0 Å². The molecule has 0 bridgehead atoms. The van der Waals surface area contributed by atoms with Gasteiger partial charge < -0.3 is 36.3 Å². The van der Waals surface area contributed by atoms with Gasteiger partial charge in [0.1, 0.15) is 5.75 Å². The quantitative estimate of drug-likeness (QED) is 0.356. The van der Waals surface area contributed by atoms with Crippen molar-refractivity contribution in [2.24, 2.45) is 5.73 Å². The Kier molecular flexibility index (Phi) is 5.35. The lowest BCUT2D eigenvalue weighted by Gasteiger charge is -2.01. The van der Waals surface area contributed by atoms with Crippen LogP contribution >= 0.6 is 0 Å². The summed E-state index contributed by atoms with van der Waals surface area (Å²) in [7, 11) is 0. The Balaban J connectivity index is 0.000000181. The summed E-state index contributed by atoms with van der Waals surface area (Å²) in [6.45, 7) is 0.628. The molecule has 0 saturated heterocycles. The molecule has 3 rings (SSSR count). The molecule has 2 aromatic carbocycles. The van der Waals surface area contributed by atoms with E-state index in [1.165, 1.54) is 0 Å². The topological polar surface area (TPSA) is 160 Å². The van der Waals surface area contributed by atoms with E-state index in [2.05, 4.69) is 4.98 Å². The largest absolute Gasteiger partial charge is 0.508 e. The fourth-order valence-electron chi connectivity index (χ4n) is 2.26. The molecule has 1 heterocycles. The van der Waals surface area contributed by atoms with E-state index in [0.29, 0.717) is 12.3 Å². The zero-order valence-corrected chi connectivity index (χ0v) is 13.1. The van der Waals surface area contributed by atoms with E-state index in [4.69, 9.17) is 26.2 Å². The second kappa shape index (κ2) is 7.45. The molecule has 8 heteroatoms. The fraction of sp³-hybridized carbons (Fsp3) is 0.118. The maximum Gasteiger partial charge on any atom is 0.335 e. The second-order valence-electron chi connectivity index (χ2n) is 5.25. The lowest BCUT2D eigenvalue weighted by Crippen LogP contribution is -2.01. The average Bonchev–Trinajstić information content (AvgIpc) is 2.95. The van der Waals surface area contributed by atoms with Crippen LogP contribution in [0.15, 0.2) is 36.5 Å². The predicted octanol–water partition coefficient (Wildman–Crippen LogP) is 1.88. The molecule has 0 unspecified atom stereocenters. The maximum absolute atomic E-state index is 10.3. The minimum Gasteiger partial charge on any atom is -0.508 e. The van der Waals surface area contributed by atoms with Crippen molar-refractivity contribution in [2.45, 2.75) is 6.42 Å². The van der Waals surface area contributed by atoms with Crippen LogP contribution in [0.1, 0.15) is 15.9 Å². The number of aromatic carboxylic acids is 1. The van der Waals surface area contributed by atoms with Gasteiger partial charge in [-0.1, -0.05) is 0 Å². The van der Waals surface area contributed by atoms with Crippen LogP contribution in [0.25, 0.3) is 10.9 Å². The van der Waals surface area contributed by atoms with E-state index in [9.17, 15) is 9.90 Å². The highest BCUT2D eigenvalue weighted by Gasteiger charge is 2.11. The molecule has 8 N–H and O–H groups in total. The van der Waals surface area contributed by atoms with E-state index in [-0.39, 0.29) is 5.56 Å². The number of aromatic amines is 1. The van der Waals surface area contributed by atoms with Crippen molar-refractivity contribution in [1.82, 2.24) is 4.98 Å². The minimum atomic E-state index is -1.29. The molecular weight excluding hydrogens is 328 g/mol. The number of phenolic OH excluding ortho intramolecular Hbond substituents is 4. The van der Waals surface area contributed by atoms with Crippen LogP contribution in [0.4, 0.5) is 0 Å². The SMILES string of the molecule is NCCc1c[nH]c2ccc(O)cc12.O=C(O)c1cc(O)c(O)c(O)c1. The van der Waals surface area contributed by atoms with Crippen molar-refractivity contribution in [1.29, 1.82) is 0 Å². The summed E-state index contributed by atoms with van der Waals surface area (Å²) in [6, 6.07) is 6.99. The molecule has 0 fully saturated rings. The predicted molar refractivity (Wildman–Crippen MR) is 91.1 cm³/mol. The Labute approximate surface area is 142 Å². The number of rotatable bonds is 3. The lowest BCUT2D eigenvalue weighted by atomic mass is 10.1. The third-order valence-corrected chi connectivity index (χ3v) is 3.48. The van der Waals surface area contributed by atoms with Crippen LogP contribution in [-0.2, 0) is 6.42 Å². The zero-order chi connectivity index (χ0) is 18.6. The smallest absolute Gasteiger partial charge is 0.335 e. The first-order valence-electron chi connectivity index (χ1n) is 7.30. The number of carboxylic acid groups (broad SMARTS) is 1. The Morgan fingerprint density at radius 2 is 1.68 bits per heavy atom. The average molecular weight is 346 g/mol. The Morgan fingerprint density at radius 1 is 1.04 bits per heavy atom. The van der Waals surface area contributed by atoms with Crippen molar-refractivity contribution in [3.8, 4) is 23.0 Å². The summed E-state index contributed by atoms with van der Waals surface area (Å²) in [5, 5.41) is 45.3. The Hall–Kier alpha value is -3.39. The van der Waals surface area contributed by atoms with E-state index < -0.39 is 23.2 Å². The molecule has 3 aromatic rings. The van der Waals surface area contributed by atoms with Crippen LogP contribution in [0.2, 0.25) is 0 Å². The third kappa shape index (κ3) is 4.12. The number of aromatic nitrogens is 1. The van der Waals surface area contributed by atoms with Gasteiger partial charge in [-0.3, -0.25) is 0 Å². The number of H-pyrrole nitrogens is 1. The molecule has 0 amide bonds. The minimum absolute atomic E-state index is 0.289. The van der Waals surface area contributed by atoms with Crippen LogP contribution in [-0.4, -0.2) is 43.0 Å². The molecule has 132 valence electrons. The number of aromatic hydroxyl groups is 4. The summed E-state index contributed by atoms with van der Waals surface area (Å²) in [4.78, 5) is 13.4. The zero-order valence-electron chi connectivity index (χ0n) is 13.1. The third-order valence-electron chi connectivity index (χ3n) is 3.48. The first-order valence-corrected chi connectivity index (χ1v) is 7.30. The molecule has 0 aliphatic heterocycles. The number of carboxylic acids is 1. The van der Waals surface area contributed by atoms with Gasteiger partial charge in [-0.2, -0.15) is 0 Å². The monoisotopic (exact) mass is 346 g/mol. The van der Waals surface area contributed by atoms with Gasteiger partial charge in [0, 0.05) is 17.1 Å². The van der Waals surface area contributed by atoms with Crippen LogP contribution in [0, 0.1) is 0 Å². The highest BCUT2D eigenvalue weighted by Crippen LogP contribution is 2.35. The number of phenols is 4. The van der Waals surface area contributed by atoms with Crippen LogP contribution < -0.4 is 5.73 Å². The maximum atomic E-state index is 10.3. The van der Waals surface area contributed by atoms with Gasteiger partial charge in [-0.25, -0.2) is 4.79 Å². The van der Waals surface area contributed by atoms with Gasteiger partial charge in [0.2, 0.25) is 0 Å². The second-order valence-corrected chi connectivity index (χ2v) is 5.25. The van der Waals surface area contributed by atoms with E-state index in [1.54, 1.807) is 12.1 Å². The molecule has 0 saturated carbocycles. The van der Waals surface area contributed by atoms with Crippen molar-refractivity contribution in [2.75, 3.05) is 6.54 Å². The Morgan fingerprint density at radius 3 is 2.24 bits per heavy atom. The number of carbonyl (C=O) groups is 1. The molecule has 0 spiro atoms. The highest BCUT2D eigenvalue weighted by atomic mass is 16.4. The molecule has 0 radical (unpaired) electrons. The summed E-state index contributed by atoms with van der Waals surface area (Å²) < 4.78 is 0. The standard InChI is InChI=1S/C10H12N2O.C7H6O5/c11-4-3-7-6-12-10-2-1-8(13)5-9(7)10;8-4-1-3(7(11)12)2-5(9)6(4)10/h1-2,5-6,12-13H,3-4,11H2;1-2,8-10H,(H,11,12). The van der Waals surface area contributed by atoms with Crippen molar-refractivity contribution < 1.29 is 30.3 Å². The molecule has 8 nitrogen and oxygen atoms in total. The van der Waals surface area contributed by atoms with E-state index >= 15 is 0 Å². The lowest BCUT2D eigenvalue weighted by molar-refractivity contribution is 0.0696. The summed E-state index contributed by atoms with van der Waals surface area (Å²) in [5.41, 5.74) is 7.39. The number of hydrogen-bond donors (Lipinski definition) is 7. The highest BCUT2D eigenvalue weighted by molar-refractivity contribution is 5.89. The van der Waals surface area contributed by atoms with Gasteiger partial charge in [0.15, 0.2) is 17.2 Å². The van der Waals surface area contributed by atoms with Crippen LogP contribution in [0.5, 0.6) is 23.0 Å². The van der Waals surface area contributed by atoms with Crippen molar-refractivity contribution in [3.05, 3.63) is 47.7 Å². The van der Waals surface area contributed by atoms with Gasteiger partial charge in [-0.05, 0) is 48.9 Å². The molecule has 0 aliphatic rings. The number of benzene rings is 2. The molecule has 0 atom stereocenters. The normalized spacial score (nSPS) is 10.3. The number of fused-ring (bicyclic) bond motifs is 1. The first-order chi connectivity index (χ1) is 11.8. The van der Waals surface area contributed by atoms with Crippen LogP contribution in [0.3, 0.4) is 0 Å². The summed E-state index contributed by atoms with van der Waals surface area (Å²) in [5.74, 6) is -3.04. The number of nitrogens with two attached hydrogens (primary N) is 1. The van der Waals surface area contributed by atoms with Gasteiger partial charge >= 0.3 is 5.97 Å². The fourth-order valence-corrected chi connectivity index (χ4v) is 2.26. The van der Waals surface area contributed by atoms with Gasteiger partial charge in [0.25, 0.3) is 0 Å². The summed E-state index contributed by atoms with van der Waals surface area (Å²) >= 11 is 0. The molecule has 1 aromatic heterocycles. The Bertz CT molecular complexity index is 880. The van der Waals surface area contributed by atoms with Crippen molar-refractivity contribution in [3.63, 3.8) is 0 Å².